The summed E-state index contributed by atoms with van der Waals surface area (Å²) >= 11 is 0. The van der Waals surface area contributed by atoms with E-state index in [1.807, 2.05) is 0 Å². The Hall–Kier alpha value is -0.860. The minimum absolute atomic E-state index is 0.379. The highest BCUT2D eigenvalue weighted by Gasteiger charge is 2.16. The lowest BCUT2D eigenvalue weighted by atomic mass is 10.1. The zero-order chi connectivity index (χ0) is 10.7. The van der Waals surface area contributed by atoms with Gasteiger partial charge in [0.2, 0.25) is 0 Å². The van der Waals surface area contributed by atoms with Gasteiger partial charge < -0.3 is 4.74 Å². The Morgan fingerprint density at radius 1 is 1.33 bits per heavy atom. The van der Waals surface area contributed by atoms with Crippen molar-refractivity contribution in [2.24, 2.45) is 0 Å². The van der Waals surface area contributed by atoms with Crippen molar-refractivity contribution in [1.29, 1.82) is 0 Å². The lowest BCUT2D eigenvalue weighted by molar-refractivity contribution is -0.0212. The Morgan fingerprint density at radius 2 is 2.07 bits per heavy atom. The molecule has 0 aliphatic carbocycles. The van der Waals surface area contributed by atoms with Crippen molar-refractivity contribution in [3.8, 4) is 0 Å². The lowest BCUT2D eigenvalue weighted by Crippen LogP contribution is -2.40. The summed E-state index contributed by atoms with van der Waals surface area (Å²) < 4.78 is 5.52. The quantitative estimate of drug-likeness (QED) is 0.734. The first-order valence-corrected chi connectivity index (χ1v) is 5.63. The highest BCUT2D eigenvalue weighted by atomic mass is 16.5. The largest absolute Gasteiger partial charge is 0.376 e. The monoisotopic (exact) mass is 205 g/mol. The molecule has 0 N–H and O–H groups in total. The van der Waals surface area contributed by atoms with E-state index in [-0.39, 0.29) is 0 Å². The van der Waals surface area contributed by atoms with Gasteiger partial charge in [0.1, 0.15) is 0 Å². The van der Waals surface area contributed by atoms with Gasteiger partial charge in [0.15, 0.2) is 0 Å². The Labute approximate surface area is 91.9 Å². The predicted octanol–water partition coefficient (Wildman–Crippen LogP) is 2.22. The van der Waals surface area contributed by atoms with E-state index < -0.39 is 0 Å². The third kappa shape index (κ3) is 3.05. The molecule has 2 nitrogen and oxygen atoms in total. The molecular weight excluding hydrogens is 186 g/mol. The fourth-order valence-corrected chi connectivity index (χ4v) is 1.99. The second-order valence-electron chi connectivity index (χ2n) is 4.40. The molecule has 0 bridgehead atoms. The van der Waals surface area contributed by atoms with Gasteiger partial charge in [0.05, 0.1) is 12.7 Å². The number of nitrogens with zero attached hydrogens (tertiary/aromatic N) is 1. The van der Waals surface area contributed by atoms with Crippen LogP contribution in [0.4, 0.5) is 0 Å². The summed E-state index contributed by atoms with van der Waals surface area (Å²) in [6, 6.07) is 8.79. The van der Waals surface area contributed by atoms with Gasteiger partial charge in [0.25, 0.3) is 0 Å². The molecule has 0 amide bonds. The summed E-state index contributed by atoms with van der Waals surface area (Å²) in [4.78, 5) is 2.46. The van der Waals surface area contributed by atoms with Crippen molar-refractivity contribution in [1.82, 2.24) is 4.90 Å². The van der Waals surface area contributed by atoms with Crippen LogP contribution >= 0.6 is 0 Å². The zero-order valence-electron chi connectivity index (χ0n) is 9.57. The van der Waals surface area contributed by atoms with Gasteiger partial charge in [-0.15, -0.1) is 0 Å². The molecule has 0 unspecified atom stereocenters. The lowest BCUT2D eigenvalue weighted by Gasteiger charge is -2.31. The van der Waals surface area contributed by atoms with Crippen molar-refractivity contribution >= 4 is 0 Å². The average molecular weight is 205 g/mol. The number of rotatable bonds is 2. The molecule has 0 aromatic heterocycles. The number of hydrogen-bond donors (Lipinski definition) is 0. The maximum absolute atomic E-state index is 5.52. The molecule has 1 heterocycles. The summed E-state index contributed by atoms with van der Waals surface area (Å²) in [6.07, 6.45) is 0.379. The maximum atomic E-state index is 5.52. The predicted molar refractivity (Wildman–Crippen MR) is 61.9 cm³/mol. The molecule has 1 atom stereocenters. The Kier molecular flexibility index (Phi) is 3.39. The van der Waals surface area contributed by atoms with Crippen LogP contribution in [-0.4, -0.2) is 30.7 Å². The van der Waals surface area contributed by atoms with Crippen LogP contribution in [0, 0.1) is 6.92 Å². The van der Waals surface area contributed by atoms with E-state index in [4.69, 9.17) is 4.74 Å². The number of benzene rings is 1. The summed E-state index contributed by atoms with van der Waals surface area (Å²) in [5, 5.41) is 0. The molecule has 1 fully saturated rings. The van der Waals surface area contributed by atoms with Crippen LogP contribution in [0.5, 0.6) is 0 Å². The minimum Gasteiger partial charge on any atom is -0.376 e. The molecule has 0 saturated carbocycles. The minimum atomic E-state index is 0.379. The average Bonchev–Trinajstić information content (AvgIpc) is 2.22. The third-order valence-electron chi connectivity index (χ3n) is 2.85. The molecule has 0 spiro atoms. The molecule has 1 aliphatic heterocycles. The van der Waals surface area contributed by atoms with Crippen molar-refractivity contribution in [3.63, 3.8) is 0 Å². The number of ether oxygens (including phenoxy) is 1. The Bertz CT molecular complexity index is 307. The standard InChI is InChI=1S/C13H19NO/c1-11-3-5-13(6-4-11)10-14-7-8-15-12(2)9-14/h3-6,12H,7-10H2,1-2H3/t12-/m0/s1. The van der Waals surface area contributed by atoms with Crippen LogP contribution in [0.15, 0.2) is 24.3 Å². The first-order chi connectivity index (χ1) is 7.24. The number of hydrogen-bond acceptors (Lipinski definition) is 2. The second kappa shape index (κ2) is 4.77. The highest BCUT2D eigenvalue weighted by molar-refractivity contribution is 5.21. The highest BCUT2D eigenvalue weighted by Crippen LogP contribution is 2.10. The first kappa shape index (κ1) is 10.7. The van der Waals surface area contributed by atoms with Gasteiger partial charge in [-0.05, 0) is 19.4 Å². The molecule has 1 aromatic rings. The molecule has 2 heteroatoms. The van der Waals surface area contributed by atoms with E-state index in [0.717, 1.165) is 26.2 Å². The molecular formula is C13H19NO. The van der Waals surface area contributed by atoms with E-state index in [0.29, 0.717) is 6.10 Å². The Morgan fingerprint density at radius 3 is 2.73 bits per heavy atom. The van der Waals surface area contributed by atoms with E-state index in [1.54, 1.807) is 0 Å². The van der Waals surface area contributed by atoms with Gasteiger partial charge in [0, 0.05) is 19.6 Å². The molecule has 82 valence electrons. The van der Waals surface area contributed by atoms with Crippen LogP contribution in [0.3, 0.4) is 0 Å². The van der Waals surface area contributed by atoms with E-state index >= 15 is 0 Å². The number of aryl methyl sites for hydroxylation is 1. The summed E-state index contributed by atoms with van der Waals surface area (Å²) in [6.45, 7) is 8.29. The van der Waals surface area contributed by atoms with Crippen LogP contribution in [0.25, 0.3) is 0 Å². The normalized spacial score (nSPS) is 22.9. The van der Waals surface area contributed by atoms with Crippen molar-refractivity contribution in [2.75, 3.05) is 19.7 Å². The zero-order valence-corrected chi connectivity index (χ0v) is 9.57. The van der Waals surface area contributed by atoms with Gasteiger partial charge in [-0.25, -0.2) is 0 Å². The smallest absolute Gasteiger partial charge is 0.0674 e. The van der Waals surface area contributed by atoms with E-state index in [2.05, 4.69) is 43.0 Å². The summed E-state index contributed by atoms with van der Waals surface area (Å²) in [5.74, 6) is 0. The molecule has 1 aromatic carbocycles. The molecule has 1 aliphatic rings. The van der Waals surface area contributed by atoms with Crippen LogP contribution < -0.4 is 0 Å². The Balaban J connectivity index is 1.93. The molecule has 0 radical (unpaired) electrons. The summed E-state index contributed by atoms with van der Waals surface area (Å²) in [7, 11) is 0. The molecule has 15 heavy (non-hydrogen) atoms. The van der Waals surface area contributed by atoms with Gasteiger partial charge >= 0.3 is 0 Å². The van der Waals surface area contributed by atoms with Crippen LogP contribution in [0.2, 0.25) is 0 Å². The van der Waals surface area contributed by atoms with E-state index in [9.17, 15) is 0 Å². The fraction of sp³-hybridized carbons (Fsp3) is 0.538. The first-order valence-electron chi connectivity index (χ1n) is 5.63. The van der Waals surface area contributed by atoms with Crippen molar-refractivity contribution in [2.45, 2.75) is 26.5 Å². The molecule has 2 rings (SSSR count). The van der Waals surface area contributed by atoms with E-state index in [1.165, 1.54) is 11.1 Å². The third-order valence-corrected chi connectivity index (χ3v) is 2.85. The van der Waals surface area contributed by atoms with Crippen molar-refractivity contribution < 1.29 is 4.74 Å². The fourth-order valence-electron chi connectivity index (χ4n) is 1.99. The maximum Gasteiger partial charge on any atom is 0.0674 e. The SMILES string of the molecule is Cc1ccc(CN2CCO[C@@H](C)C2)cc1. The summed E-state index contributed by atoms with van der Waals surface area (Å²) in [5.41, 5.74) is 2.73. The van der Waals surface area contributed by atoms with Crippen molar-refractivity contribution in [3.05, 3.63) is 35.4 Å². The van der Waals surface area contributed by atoms with Crippen LogP contribution in [0.1, 0.15) is 18.1 Å². The topological polar surface area (TPSA) is 12.5 Å². The van der Waals surface area contributed by atoms with Gasteiger partial charge in [-0.1, -0.05) is 29.8 Å². The van der Waals surface area contributed by atoms with Gasteiger partial charge in [-0.3, -0.25) is 4.90 Å². The van der Waals surface area contributed by atoms with Gasteiger partial charge in [-0.2, -0.15) is 0 Å². The number of morpholine rings is 1. The molecule has 1 saturated heterocycles. The second-order valence-corrected chi connectivity index (χ2v) is 4.40. The van der Waals surface area contributed by atoms with Crippen LogP contribution in [-0.2, 0) is 11.3 Å².